The molecule has 2 aromatic rings. The molecule has 2 amide bonds. The van der Waals surface area contributed by atoms with Gasteiger partial charge in [-0.1, -0.05) is 0 Å². The molecule has 0 saturated carbocycles. The van der Waals surface area contributed by atoms with Crippen LogP contribution < -0.4 is 4.74 Å². The Morgan fingerprint density at radius 1 is 1.14 bits per heavy atom. The van der Waals surface area contributed by atoms with E-state index in [-0.39, 0.29) is 11.1 Å². The molecule has 29 heavy (non-hydrogen) atoms. The van der Waals surface area contributed by atoms with Gasteiger partial charge in [0.15, 0.2) is 0 Å². The zero-order valence-corrected chi connectivity index (χ0v) is 18.0. The van der Waals surface area contributed by atoms with Crippen molar-refractivity contribution in [1.29, 1.82) is 0 Å². The fraction of sp³-hybridized carbons (Fsp3) is 0.364. The molecule has 7 heteroatoms. The first kappa shape index (κ1) is 21.2. The van der Waals surface area contributed by atoms with Gasteiger partial charge in [-0.15, -0.1) is 0 Å². The largest absolute Gasteiger partial charge is 0.494 e. The number of nitrogens with zero attached hydrogens (tertiary/aromatic N) is 2. The van der Waals surface area contributed by atoms with Gasteiger partial charge < -0.3 is 14.0 Å². The van der Waals surface area contributed by atoms with E-state index in [4.69, 9.17) is 9.47 Å². The smallest absolute Gasteiger partial charge is 0.293 e. The zero-order chi connectivity index (χ0) is 21.0. The second-order valence-corrected chi connectivity index (χ2v) is 7.76. The minimum absolute atomic E-state index is 0.224. The maximum Gasteiger partial charge on any atom is 0.293 e. The van der Waals surface area contributed by atoms with Gasteiger partial charge >= 0.3 is 0 Å². The number of benzene rings is 1. The number of imide groups is 1. The van der Waals surface area contributed by atoms with Crippen molar-refractivity contribution in [2.75, 3.05) is 26.9 Å². The number of aromatic nitrogens is 1. The van der Waals surface area contributed by atoms with Crippen molar-refractivity contribution in [3.63, 3.8) is 0 Å². The standard InChI is InChI=1S/C22H26N2O4S/c1-5-28-19-9-7-18(8-10-19)24-15(2)13-17(16(24)3)14-20-21(25)23(22(26)29-20)11-6-12-27-4/h7-10,13-14H,5-6,11-12H2,1-4H3/b20-14-. The maximum absolute atomic E-state index is 12.6. The number of hydrogen-bond acceptors (Lipinski definition) is 5. The van der Waals surface area contributed by atoms with E-state index in [9.17, 15) is 9.59 Å². The number of carbonyl (C=O) groups is 2. The van der Waals surface area contributed by atoms with Crippen LogP contribution in [0.5, 0.6) is 5.75 Å². The second-order valence-electron chi connectivity index (χ2n) is 6.77. The maximum atomic E-state index is 12.6. The Balaban J connectivity index is 1.84. The molecule has 1 aromatic carbocycles. The molecule has 0 aliphatic carbocycles. The van der Waals surface area contributed by atoms with E-state index in [0.717, 1.165) is 40.2 Å². The highest BCUT2D eigenvalue weighted by molar-refractivity contribution is 8.18. The highest BCUT2D eigenvalue weighted by Crippen LogP contribution is 2.34. The van der Waals surface area contributed by atoms with Crippen LogP contribution in [-0.4, -0.2) is 47.5 Å². The molecule has 0 atom stereocenters. The van der Waals surface area contributed by atoms with Crippen LogP contribution in [0.1, 0.15) is 30.3 Å². The van der Waals surface area contributed by atoms with Gasteiger partial charge in [-0.2, -0.15) is 0 Å². The average molecular weight is 415 g/mol. The average Bonchev–Trinajstić information content (AvgIpc) is 3.12. The van der Waals surface area contributed by atoms with Crippen LogP contribution in [0, 0.1) is 13.8 Å². The third kappa shape index (κ3) is 4.57. The summed E-state index contributed by atoms with van der Waals surface area (Å²) < 4.78 is 12.7. The normalized spacial score (nSPS) is 15.6. The van der Waals surface area contributed by atoms with Crippen LogP contribution >= 0.6 is 11.8 Å². The lowest BCUT2D eigenvalue weighted by Gasteiger charge is -2.11. The first-order valence-corrected chi connectivity index (χ1v) is 10.4. The Bertz CT molecular complexity index is 931. The van der Waals surface area contributed by atoms with Gasteiger partial charge in [0, 0.05) is 37.3 Å². The van der Waals surface area contributed by atoms with E-state index in [1.54, 1.807) is 7.11 Å². The fourth-order valence-corrected chi connectivity index (χ4v) is 4.25. The summed E-state index contributed by atoms with van der Waals surface area (Å²) in [4.78, 5) is 26.6. The quantitative estimate of drug-likeness (QED) is 0.468. The third-order valence-corrected chi connectivity index (χ3v) is 5.67. The van der Waals surface area contributed by atoms with Gasteiger partial charge in [-0.25, -0.2) is 0 Å². The molecule has 1 fully saturated rings. The molecule has 0 spiro atoms. The van der Waals surface area contributed by atoms with E-state index in [2.05, 4.69) is 4.57 Å². The number of thioether (sulfide) groups is 1. The molecule has 0 radical (unpaired) electrons. The summed E-state index contributed by atoms with van der Waals surface area (Å²) in [6, 6.07) is 9.95. The SMILES string of the molecule is CCOc1ccc(-n2c(C)cc(/C=C3\SC(=O)N(CCCOC)C3=O)c2C)cc1. The zero-order valence-electron chi connectivity index (χ0n) is 17.2. The van der Waals surface area contributed by atoms with Gasteiger partial charge in [0.25, 0.3) is 11.1 Å². The minimum Gasteiger partial charge on any atom is -0.494 e. The molecule has 1 aromatic heterocycles. The predicted molar refractivity (Wildman–Crippen MR) is 116 cm³/mol. The molecule has 0 bridgehead atoms. The Morgan fingerprint density at radius 2 is 1.86 bits per heavy atom. The summed E-state index contributed by atoms with van der Waals surface area (Å²) in [7, 11) is 1.61. The van der Waals surface area contributed by atoms with Gasteiger partial charge in [-0.3, -0.25) is 14.5 Å². The van der Waals surface area contributed by atoms with Gasteiger partial charge in [0.2, 0.25) is 0 Å². The molecule has 1 saturated heterocycles. The summed E-state index contributed by atoms with van der Waals surface area (Å²) in [6.07, 6.45) is 2.45. The molecule has 154 valence electrons. The van der Waals surface area contributed by atoms with Crippen molar-refractivity contribution in [3.8, 4) is 11.4 Å². The number of rotatable bonds is 8. The van der Waals surface area contributed by atoms with Crippen LogP contribution in [0.15, 0.2) is 35.2 Å². The molecule has 2 heterocycles. The van der Waals surface area contributed by atoms with Crippen molar-refractivity contribution in [2.45, 2.75) is 27.2 Å². The highest BCUT2D eigenvalue weighted by Gasteiger charge is 2.34. The van der Waals surface area contributed by atoms with Crippen molar-refractivity contribution in [3.05, 3.63) is 52.2 Å². The van der Waals surface area contributed by atoms with Crippen LogP contribution in [-0.2, 0) is 9.53 Å². The fourth-order valence-electron chi connectivity index (χ4n) is 3.39. The lowest BCUT2D eigenvalue weighted by molar-refractivity contribution is -0.122. The van der Waals surface area contributed by atoms with E-state index in [0.29, 0.717) is 31.1 Å². The van der Waals surface area contributed by atoms with Crippen LogP contribution in [0.25, 0.3) is 11.8 Å². The highest BCUT2D eigenvalue weighted by atomic mass is 32.2. The molecule has 0 N–H and O–H groups in total. The number of carbonyl (C=O) groups excluding carboxylic acids is 2. The molecule has 6 nitrogen and oxygen atoms in total. The number of amides is 2. The molecule has 1 aliphatic rings. The number of ether oxygens (including phenoxy) is 2. The molecular formula is C22H26N2O4S. The molecule has 3 rings (SSSR count). The van der Waals surface area contributed by atoms with Gasteiger partial charge in [0.05, 0.1) is 11.5 Å². The Morgan fingerprint density at radius 3 is 2.52 bits per heavy atom. The predicted octanol–water partition coefficient (Wildman–Crippen LogP) is 4.57. The van der Waals surface area contributed by atoms with Crippen molar-refractivity contribution in [1.82, 2.24) is 9.47 Å². The van der Waals surface area contributed by atoms with Crippen molar-refractivity contribution >= 4 is 29.0 Å². The number of hydrogen-bond donors (Lipinski definition) is 0. The number of aryl methyl sites for hydroxylation is 1. The minimum atomic E-state index is -0.234. The Labute approximate surface area is 175 Å². The van der Waals surface area contributed by atoms with E-state index < -0.39 is 0 Å². The molecular weight excluding hydrogens is 388 g/mol. The van der Waals surface area contributed by atoms with Crippen molar-refractivity contribution < 1.29 is 19.1 Å². The number of methoxy groups -OCH3 is 1. The lowest BCUT2D eigenvalue weighted by atomic mass is 10.2. The van der Waals surface area contributed by atoms with Gasteiger partial charge in [-0.05, 0) is 80.9 Å². The topological polar surface area (TPSA) is 60.8 Å². The van der Waals surface area contributed by atoms with E-state index in [1.165, 1.54) is 4.90 Å². The van der Waals surface area contributed by atoms with Crippen LogP contribution in [0.2, 0.25) is 0 Å². The first-order chi connectivity index (χ1) is 14.0. The summed E-state index contributed by atoms with van der Waals surface area (Å²) >= 11 is 0.994. The third-order valence-electron chi connectivity index (χ3n) is 4.77. The lowest BCUT2D eigenvalue weighted by Crippen LogP contribution is -2.29. The second kappa shape index (κ2) is 9.33. The molecule has 1 aliphatic heterocycles. The summed E-state index contributed by atoms with van der Waals surface area (Å²) in [6.45, 7) is 7.52. The van der Waals surface area contributed by atoms with Crippen LogP contribution in [0.4, 0.5) is 4.79 Å². The first-order valence-electron chi connectivity index (χ1n) is 9.62. The van der Waals surface area contributed by atoms with E-state index in [1.807, 2.05) is 57.2 Å². The summed E-state index contributed by atoms with van der Waals surface area (Å²) in [5, 5.41) is -0.224. The monoisotopic (exact) mass is 414 g/mol. The van der Waals surface area contributed by atoms with Gasteiger partial charge in [0.1, 0.15) is 5.75 Å². The van der Waals surface area contributed by atoms with Crippen molar-refractivity contribution in [2.24, 2.45) is 0 Å². The molecule has 0 unspecified atom stereocenters. The summed E-state index contributed by atoms with van der Waals surface area (Å²) in [5.74, 6) is 0.600. The Kier molecular flexibility index (Phi) is 6.82. The summed E-state index contributed by atoms with van der Waals surface area (Å²) in [5.41, 5.74) is 4.02. The van der Waals surface area contributed by atoms with E-state index >= 15 is 0 Å². The Hall–Kier alpha value is -2.51. The van der Waals surface area contributed by atoms with Crippen LogP contribution in [0.3, 0.4) is 0 Å².